The molecule has 0 fully saturated rings. The molecule has 0 saturated heterocycles. The summed E-state index contributed by atoms with van der Waals surface area (Å²) in [7, 11) is 0. The van der Waals surface area contributed by atoms with E-state index >= 15 is 0 Å². The topological polar surface area (TPSA) is 20.7 Å². The van der Waals surface area contributed by atoms with Crippen LogP contribution in [-0.2, 0) is 0 Å². The van der Waals surface area contributed by atoms with Crippen molar-refractivity contribution in [3.05, 3.63) is 56.5 Å². The summed E-state index contributed by atoms with van der Waals surface area (Å²) in [6.07, 6.45) is 0. The van der Waals surface area contributed by atoms with Crippen LogP contribution in [0, 0.1) is 10.6 Å². The molecule has 0 spiro atoms. The first-order valence-electron chi connectivity index (χ1n) is 5.42. The number of imidazole rings is 1. The van der Waals surface area contributed by atoms with Gasteiger partial charge in [0.15, 0.2) is 4.77 Å². The van der Waals surface area contributed by atoms with Crippen LogP contribution in [0.4, 0.5) is 4.39 Å². The normalized spacial score (nSPS) is 11.1. The second-order valence-corrected chi connectivity index (χ2v) is 5.70. The lowest BCUT2D eigenvalue weighted by Crippen LogP contribution is -1.95. The highest BCUT2D eigenvalue weighted by Crippen LogP contribution is 2.28. The molecule has 0 radical (unpaired) electrons. The summed E-state index contributed by atoms with van der Waals surface area (Å²) >= 11 is 14.8. The Balaban J connectivity index is 2.40. The van der Waals surface area contributed by atoms with Gasteiger partial charge in [-0.15, -0.1) is 0 Å². The number of halogens is 3. The fraction of sp³-hybridized carbons (Fsp3) is 0. The first-order valence-corrected chi connectivity index (χ1v) is 7.00. The van der Waals surface area contributed by atoms with Crippen molar-refractivity contribution in [2.75, 3.05) is 0 Å². The molecule has 1 N–H and O–H groups in total. The van der Waals surface area contributed by atoms with Gasteiger partial charge in [-0.2, -0.15) is 0 Å². The van der Waals surface area contributed by atoms with Gasteiger partial charge in [0.1, 0.15) is 11.3 Å². The molecule has 0 aliphatic carbocycles. The third-order valence-corrected chi connectivity index (χ3v) is 3.90. The Labute approximate surface area is 127 Å². The molecule has 96 valence electrons. The van der Waals surface area contributed by atoms with Crippen molar-refractivity contribution in [2.24, 2.45) is 0 Å². The number of benzene rings is 2. The smallest absolute Gasteiger partial charge is 0.182 e. The predicted octanol–water partition coefficient (Wildman–Crippen LogP) is 5.24. The molecule has 0 aliphatic rings. The molecular formula is C13H7BrClFN2S. The number of hydrogen-bond acceptors (Lipinski definition) is 1. The van der Waals surface area contributed by atoms with Gasteiger partial charge in [-0.25, -0.2) is 4.39 Å². The van der Waals surface area contributed by atoms with Crippen molar-refractivity contribution in [3.8, 4) is 5.69 Å². The summed E-state index contributed by atoms with van der Waals surface area (Å²) in [5, 5.41) is 0.538. The lowest BCUT2D eigenvalue weighted by molar-refractivity contribution is 0.637. The minimum Gasteiger partial charge on any atom is -0.328 e. The van der Waals surface area contributed by atoms with Crippen molar-refractivity contribution in [1.29, 1.82) is 0 Å². The van der Waals surface area contributed by atoms with Gasteiger partial charge >= 0.3 is 0 Å². The van der Waals surface area contributed by atoms with Crippen molar-refractivity contribution in [2.45, 2.75) is 0 Å². The number of aromatic nitrogens is 2. The SMILES string of the molecule is Fc1cccc2c1[nH]c(=S)n2-c1ccc(Br)cc1Cl. The fourth-order valence-corrected chi connectivity index (χ4v) is 3.05. The predicted molar refractivity (Wildman–Crippen MR) is 81.1 cm³/mol. The molecule has 0 aliphatic heterocycles. The molecule has 3 aromatic rings. The van der Waals surface area contributed by atoms with Crippen LogP contribution in [0.5, 0.6) is 0 Å². The lowest BCUT2D eigenvalue weighted by atomic mass is 10.2. The molecule has 0 bridgehead atoms. The number of para-hydroxylation sites is 1. The summed E-state index contributed by atoms with van der Waals surface area (Å²) in [6.45, 7) is 0. The van der Waals surface area contributed by atoms with Gasteiger partial charge in [0.25, 0.3) is 0 Å². The maximum Gasteiger partial charge on any atom is 0.182 e. The minimum absolute atomic E-state index is 0.337. The second-order valence-electron chi connectivity index (χ2n) is 4.00. The van der Waals surface area contributed by atoms with Crippen LogP contribution in [0.3, 0.4) is 0 Å². The van der Waals surface area contributed by atoms with E-state index in [9.17, 15) is 4.39 Å². The van der Waals surface area contributed by atoms with E-state index in [1.807, 2.05) is 12.1 Å². The Kier molecular flexibility index (Phi) is 3.20. The highest BCUT2D eigenvalue weighted by Gasteiger charge is 2.12. The quantitative estimate of drug-likeness (QED) is 0.590. The second kappa shape index (κ2) is 4.74. The zero-order chi connectivity index (χ0) is 13.6. The third-order valence-electron chi connectivity index (χ3n) is 2.82. The number of hydrogen-bond donors (Lipinski definition) is 1. The molecule has 0 unspecified atom stereocenters. The van der Waals surface area contributed by atoms with Gasteiger partial charge in [0.05, 0.1) is 16.2 Å². The number of nitrogens with zero attached hydrogens (tertiary/aromatic N) is 1. The van der Waals surface area contributed by atoms with Crippen molar-refractivity contribution < 1.29 is 4.39 Å². The number of fused-ring (bicyclic) bond motifs is 1. The standard InChI is InChI=1S/C13H7BrClFN2S/c14-7-4-5-10(8(15)6-7)18-11-3-1-2-9(16)12(11)17-13(18)19/h1-6H,(H,17,19). The van der Waals surface area contributed by atoms with E-state index in [1.54, 1.807) is 22.8 Å². The van der Waals surface area contributed by atoms with E-state index in [0.717, 1.165) is 4.47 Å². The van der Waals surface area contributed by atoms with Crippen LogP contribution in [0.1, 0.15) is 0 Å². The lowest BCUT2D eigenvalue weighted by Gasteiger charge is -2.07. The van der Waals surface area contributed by atoms with Crippen LogP contribution in [0.2, 0.25) is 5.02 Å². The molecule has 19 heavy (non-hydrogen) atoms. The number of H-pyrrole nitrogens is 1. The molecule has 0 atom stereocenters. The highest BCUT2D eigenvalue weighted by molar-refractivity contribution is 9.10. The van der Waals surface area contributed by atoms with E-state index in [4.69, 9.17) is 23.8 Å². The molecule has 1 aromatic heterocycles. The molecular weight excluding hydrogens is 351 g/mol. The minimum atomic E-state index is -0.337. The van der Waals surface area contributed by atoms with Crippen LogP contribution in [-0.4, -0.2) is 9.55 Å². The van der Waals surface area contributed by atoms with E-state index in [0.29, 0.717) is 26.5 Å². The Morgan fingerprint density at radius 1 is 1.26 bits per heavy atom. The molecule has 1 heterocycles. The zero-order valence-corrected chi connectivity index (χ0v) is 12.6. The van der Waals surface area contributed by atoms with Crippen molar-refractivity contribution in [3.63, 3.8) is 0 Å². The van der Waals surface area contributed by atoms with Gasteiger partial charge in [0, 0.05) is 4.47 Å². The number of aromatic amines is 1. The number of nitrogens with one attached hydrogen (secondary N) is 1. The molecule has 6 heteroatoms. The van der Waals surface area contributed by atoms with Gasteiger partial charge in [-0.3, -0.25) is 4.57 Å². The zero-order valence-electron chi connectivity index (χ0n) is 9.45. The highest BCUT2D eigenvalue weighted by atomic mass is 79.9. The largest absolute Gasteiger partial charge is 0.328 e. The van der Waals surface area contributed by atoms with Gasteiger partial charge in [0.2, 0.25) is 0 Å². The average Bonchev–Trinajstić information content (AvgIpc) is 2.68. The summed E-state index contributed by atoms with van der Waals surface area (Å²) < 4.78 is 16.7. The van der Waals surface area contributed by atoms with Crippen LogP contribution in [0.15, 0.2) is 40.9 Å². The molecule has 2 aromatic carbocycles. The first-order chi connectivity index (χ1) is 9.08. The van der Waals surface area contributed by atoms with Gasteiger partial charge < -0.3 is 4.98 Å². The maximum atomic E-state index is 13.7. The summed E-state index contributed by atoms with van der Waals surface area (Å²) in [5.74, 6) is -0.337. The summed E-state index contributed by atoms with van der Waals surface area (Å²) in [6, 6.07) is 10.3. The fourth-order valence-electron chi connectivity index (χ4n) is 2.00. The van der Waals surface area contributed by atoms with Crippen LogP contribution < -0.4 is 0 Å². The monoisotopic (exact) mass is 356 g/mol. The molecule has 2 nitrogen and oxygen atoms in total. The first kappa shape index (κ1) is 12.8. The van der Waals surface area contributed by atoms with E-state index < -0.39 is 0 Å². The molecule has 3 rings (SSSR count). The number of rotatable bonds is 1. The van der Waals surface area contributed by atoms with Crippen molar-refractivity contribution >= 4 is 50.8 Å². The maximum absolute atomic E-state index is 13.7. The average molecular weight is 358 g/mol. The Morgan fingerprint density at radius 3 is 2.79 bits per heavy atom. The summed E-state index contributed by atoms with van der Waals surface area (Å²) in [4.78, 5) is 2.87. The van der Waals surface area contributed by atoms with Crippen LogP contribution in [0.25, 0.3) is 16.7 Å². The Bertz CT molecular complexity index is 840. The van der Waals surface area contributed by atoms with Gasteiger partial charge in [-0.05, 0) is 42.5 Å². The Hall–Kier alpha value is -1.17. The van der Waals surface area contributed by atoms with Crippen LogP contribution >= 0.6 is 39.7 Å². The summed E-state index contributed by atoms with van der Waals surface area (Å²) in [5.41, 5.74) is 1.76. The van der Waals surface area contributed by atoms with E-state index in [1.165, 1.54) is 6.07 Å². The van der Waals surface area contributed by atoms with Crippen molar-refractivity contribution in [1.82, 2.24) is 9.55 Å². The molecule has 0 amide bonds. The van der Waals surface area contributed by atoms with Gasteiger partial charge in [-0.1, -0.05) is 33.6 Å². The Morgan fingerprint density at radius 2 is 2.05 bits per heavy atom. The van der Waals surface area contributed by atoms with E-state index in [2.05, 4.69) is 20.9 Å². The molecule has 0 saturated carbocycles. The third kappa shape index (κ3) is 2.12. The van der Waals surface area contributed by atoms with E-state index in [-0.39, 0.29) is 5.82 Å².